The van der Waals surface area contributed by atoms with E-state index in [-0.39, 0.29) is 5.75 Å². The molecule has 0 saturated carbocycles. The molecule has 0 atom stereocenters. The number of aromatic hydroxyl groups is 1. The number of nitrogens with zero attached hydrogens (tertiary/aromatic N) is 1. The van der Waals surface area contributed by atoms with E-state index in [4.69, 9.17) is 17.3 Å². The Morgan fingerprint density at radius 2 is 2.00 bits per heavy atom. The molecule has 0 unspecified atom stereocenters. The molecule has 0 fully saturated rings. The average Bonchev–Trinajstić information content (AvgIpc) is 2.20. The number of hydrogen-bond acceptors (Lipinski definition) is 3. The third-order valence-electron chi connectivity index (χ3n) is 2.08. The lowest BCUT2D eigenvalue weighted by Crippen LogP contribution is -1.86. The number of rotatable bonds is 1. The van der Waals surface area contributed by atoms with Crippen LogP contribution in [0.25, 0.3) is 11.1 Å². The van der Waals surface area contributed by atoms with Crippen LogP contribution in [-0.4, -0.2) is 10.1 Å². The van der Waals surface area contributed by atoms with Gasteiger partial charge in [0.2, 0.25) is 0 Å². The molecule has 0 radical (unpaired) electrons. The predicted molar refractivity (Wildman–Crippen MR) is 60.8 cm³/mol. The summed E-state index contributed by atoms with van der Waals surface area (Å²) in [6.45, 7) is 0. The Balaban J connectivity index is 2.60. The van der Waals surface area contributed by atoms with Gasteiger partial charge in [-0.05, 0) is 18.2 Å². The Morgan fingerprint density at radius 1 is 1.20 bits per heavy atom. The molecule has 1 aromatic carbocycles. The molecular formula is C11H9ClN2O. The summed E-state index contributed by atoms with van der Waals surface area (Å²) in [5, 5.41) is 10.2. The molecular weight excluding hydrogens is 212 g/mol. The molecule has 3 nitrogen and oxygen atoms in total. The third-order valence-corrected chi connectivity index (χ3v) is 2.41. The van der Waals surface area contributed by atoms with E-state index in [1.165, 1.54) is 6.07 Å². The first-order valence-corrected chi connectivity index (χ1v) is 4.74. The summed E-state index contributed by atoms with van der Waals surface area (Å²) in [6.07, 6.45) is 3.20. The zero-order valence-electron chi connectivity index (χ0n) is 7.81. The summed E-state index contributed by atoms with van der Waals surface area (Å²) < 4.78 is 0. The lowest BCUT2D eigenvalue weighted by atomic mass is 10.1. The number of nitrogen functional groups attached to an aromatic ring is 1. The minimum atomic E-state index is 0.102. The van der Waals surface area contributed by atoms with Gasteiger partial charge < -0.3 is 10.8 Å². The molecule has 2 rings (SSSR count). The number of pyridine rings is 1. The van der Waals surface area contributed by atoms with E-state index in [1.807, 2.05) is 0 Å². The van der Waals surface area contributed by atoms with E-state index in [1.54, 1.807) is 30.6 Å². The number of benzene rings is 1. The molecule has 4 heteroatoms. The molecule has 0 aliphatic heterocycles. The molecule has 0 saturated heterocycles. The first-order chi connectivity index (χ1) is 7.18. The van der Waals surface area contributed by atoms with Gasteiger partial charge in [-0.2, -0.15) is 0 Å². The van der Waals surface area contributed by atoms with Crippen LogP contribution in [0.1, 0.15) is 0 Å². The van der Waals surface area contributed by atoms with Gasteiger partial charge in [0, 0.05) is 35.3 Å². The molecule has 2 aromatic rings. The standard InChI is InChI=1S/C11H9ClN2O/c12-10-3-4-14-6-9(10)8-2-1-7(13)5-11(8)15/h1-6,15H,13H2. The molecule has 15 heavy (non-hydrogen) atoms. The quantitative estimate of drug-likeness (QED) is 0.727. The number of aromatic nitrogens is 1. The number of phenolic OH excluding ortho intramolecular Hbond substituents is 1. The van der Waals surface area contributed by atoms with Crippen LogP contribution in [0.5, 0.6) is 5.75 Å². The highest BCUT2D eigenvalue weighted by molar-refractivity contribution is 6.33. The second-order valence-electron chi connectivity index (χ2n) is 3.13. The molecule has 1 aromatic heterocycles. The number of nitrogens with two attached hydrogens (primary N) is 1. The Hall–Kier alpha value is -1.74. The second kappa shape index (κ2) is 3.79. The van der Waals surface area contributed by atoms with Crippen molar-refractivity contribution in [1.29, 1.82) is 0 Å². The zero-order chi connectivity index (χ0) is 10.8. The fraction of sp³-hybridized carbons (Fsp3) is 0. The number of anilines is 1. The van der Waals surface area contributed by atoms with Crippen LogP contribution in [0.2, 0.25) is 5.02 Å². The van der Waals surface area contributed by atoms with Gasteiger partial charge in [0.25, 0.3) is 0 Å². The van der Waals surface area contributed by atoms with Crippen molar-refractivity contribution in [2.75, 3.05) is 5.73 Å². The zero-order valence-corrected chi connectivity index (χ0v) is 8.57. The Morgan fingerprint density at radius 3 is 2.67 bits per heavy atom. The minimum Gasteiger partial charge on any atom is -0.507 e. The summed E-state index contributed by atoms with van der Waals surface area (Å²) in [6, 6.07) is 6.58. The van der Waals surface area contributed by atoms with E-state index in [9.17, 15) is 5.11 Å². The summed E-state index contributed by atoms with van der Waals surface area (Å²) in [5.41, 5.74) is 7.36. The van der Waals surface area contributed by atoms with Gasteiger partial charge in [0.1, 0.15) is 5.75 Å². The van der Waals surface area contributed by atoms with Crippen molar-refractivity contribution in [2.24, 2.45) is 0 Å². The second-order valence-corrected chi connectivity index (χ2v) is 3.54. The van der Waals surface area contributed by atoms with Crippen molar-refractivity contribution in [1.82, 2.24) is 4.98 Å². The maximum Gasteiger partial charge on any atom is 0.125 e. The van der Waals surface area contributed by atoms with Gasteiger partial charge in [-0.3, -0.25) is 4.98 Å². The van der Waals surface area contributed by atoms with Gasteiger partial charge in [-0.1, -0.05) is 11.6 Å². The Kier molecular flexibility index (Phi) is 2.47. The van der Waals surface area contributed by atoms with Gasteiger partial charge in [-0.15, -0.1) is 0 Å². The van der Waals surface area contributed by atoms with Crippen molar-refractivity contribution in [2.45, 2.75) is 0 Å². The van der Waals surface area contributed by atoms with Crippen LogP contribution < -0.4 is 5.73 Å². The van der Waals surface area contributed by atoms with Crippen molar-refractivity contribution >= 4 is 17.3 Å². The summed E-state index contributed by atoms with van der Waals surface area (Å²) in [7, 11) is 0. The normalized spacial score (nSPS) is 10.2. The first-order valence-electron chi connectivity index (χ1n) is 4.37. The van der Waals surface area contributed by atoms with Crippen LogP contribution in [0, 0.1) is 0 Å². The van der Waals surface area contributed by atoms with Crippen molar-refractivity contribution < 1.29 is 5.11 Å². The van der Waals surface area contributed by atoms with Crippen molar-refractivity contribution in [3.8, 4) is 16.9 Å². The van der Waals surface area contributed by atoms with Crippen LogP contribution >= 0.6 is 11.6 Å². The Bertz CT molecular complexity index is 500. The highest BCUT2D eigenvalue weighted by Gasteiger charge is 2.07. The lowest BCUT2D eigenvalue weighted by molar-refractivity contribution is 0.477. The van der Waals surface area contributed by atoms with E-state index in [0.717, 1.165) is 0 Å². The van der Waals surface area contributed by atoms with E-state index in [0.29, 0.717) is 21.8 Å². The predicted octanol–water partition coefficient (Wildman–Crippen LogP) is 2.69. The van der Waals surface area contributed by atoms with Gasteiger partial charge >= 0.3 is 0 Å². The molecule has 0 bridgehead atoms. The summed E-state index contributed by atoms with van der Waals surface area (Å²) in [4.78, 5) is 3.96. The van der Waals surface area contributed by atoms with Crippen LogP contribution in [0.4, 0.5) is 5.69 Å². The van der Waals surface area contributed by atoms with Gasteiger partial charge in [0.15, 0.2) is 0 Å². The highest BCUT2D eigenvalue weighted by Crippen LogP contribution is 2.34. The fourth-order valence-electron chi connectivity index (χ4n) is 1.35. The molecule has 0 aliphatic carbocycles. The molecule has 0 amide bonds. The van der Waals surface area contributed by atoms with E-state index in [2.05, 4.69) is 4.98 Å². The Labute approximate surface area is 92.1 Å². The van der Waals surface area contributed by atoms with Crippen molar-refractivity contribution in [3.05, 3.63) is 41.7 Å². The molecule has 0 spiro atoms. The number of halogens is 1. The summed E-state index contributed by atoms with van der Waals surface area (Å²) in [5.74, 6) is 0.102. The average molecular weight is 221 g/mol. The molecule has 0 aliphatic rings. The number of phenols is 1. The lowest BCUT2D eigenvalue weighted by Gasteiger charge is -2.06. The molecule has 1 heterocycles. The van der Waals surface area contributed by atoms with E-state index < -0.39 is 0 Å². The molecule has 76 valence electrons. The first kappa shape index (κ1) is 9.80. The fourth-order valence-corrected chi connectivity index (χ4v) is 1.56. The minimum absolute atomic E-state index is 0.102. The smallest absolute Gasteiger partial charge is 0.125 e. The highest BCUT2D eigenvalue weighted by atomic mass is 35.5. The third kappa shape index (κ3) is 1.87. The van der Waals surface area contributed by atoms with Gasteiger partial charge in [0.05, 0.1) is 5.02 Å². The van der Waals surface area contributed by atoms with Crippen molar-refractivity contribution in [3.63, 3.8) is 0 Å². The monoisotopic (exact) mass is 220 g/mol. The maximum atomic E-state index is 9.70. The van der Waals surface area contributed by atoms with Crippen LogP contribution in [0.3, 0.4) is 0 Å². The summed E-state index contributed by atoms with van der Waals surface area (Å²) >= 11 is 5.99. The SMILES string of the molecule is Nc1ccc(-c2cnccc2Cl)c(O)c1. The molecule has 3 N–H and O–H groups in total. The van der Waals surface area contributed by atoms with Gasteiger partial charge in [-0.25, -0.2) is 0 Å². The number of hydrogen-bond donors (Lipinski definition) is 2. The van der Waals surface area contributed by atoms with Crippen LogP contribution in [-0.2, 0) is 0 Å². The van der Waals surface area contributed by atoms with E-state index >= 15 is 0 Å². The topological polar surface area (TPSA) is 59.1 Å². The van der Waals surface area contributed by atoms with Crippen LogP contribution in [0.15, 0.2) is 36.7 Å². The maximum absolute atomic E-state index is 9.70. The largest absolute Gasteiger partial charge is 0.507 e.